The van der Waals surface area contributed by atoms with Gasteiger partial charge in [-0.15, -0.1) is 0 Å². The van der Waals surface area contributed by atoms with Crippen LogP contribution in [0, 0.1) is 5.82 Å². The van der Waals surface area contributed by atoms with Crippen LogP contribution in [0.5, 0.6) is 5.75 Å². The second kappa shape index (κ2) is 5.67. The molecule has 0 amide bonds. The van der Waals surface area contributed by atoms with Crippen molar-refractivity contribution in [1.82, 2.24) is 4.90 Å². The van der Waals surface area contributed by atoms with Gasteiger partial charge in [-0.2, -0.15) is 0 Å². The Hall–Kier alpha value is -1.13. The van der Waals surface area contributed by atoms with Crippen LogP contribution in [0.2, 0.25) is 0 Å². The van der Waals surface area contributed by atoms with Gasteiger partial charge >= 0.3 is 0 Å². The Bertz CT molecular complexity index is 399. The van der Waals surface area contributed by atoms with Crippen LogP contribution >= 0.6 is 0 Å². The highest BCUT2D eigenvalue weighted by atomic mass is 19.1. The second-order valence-corrected chi connectivity index (χ2v) is 5.14. The van der Waals surface area contributed by atoms with Gasteiger partial charge in [0.05, 0.1) is 18.2 Å². The molecule has 1 aromatic rings. The van der Waals surface area contributed by atoms with Crippen LogP contribution in [-0.2, 0) is 0 Å². The van der Waals surface area contributed by atoms with E-state index in [0.717, 1.165) is 5.56 Å². The van der Waals surface area contributed by atoms with E-state index in [1.54, 1.807) is 26.0 Å². The van der Waals surface area contributed by atoms with Gasteiger partial charge in [0.2, 0.25) is 0 Å². The molecule has 0 saturated carbocycles. The molecule has 0 aliphatic carbocycles. The summed E-state index contributed by atoms with van der Waals surface area (Å²) in [7, 11) is 3.72. The summed E-state index contributed by atoms with van der Waals surface area (Å²) in [5.41, 5.74) is -0.225. The van der Waals surface area contributed by atoms with E-state index in [0.29, 0.717) is 6.61 Å². The second-order valence-electron chi connectivity index (χ2n) is 5.14. The van der Waals surface area contributed by atoms with Gasteiger partial charge in [-0.3, -0.25) is 4.90 Å². The largest absolute Gasteiger partial charge is 0.491 e. The van der Waals surface area contributed by atoms with Crippen molar-refractivity contribution in [1.29, 1.82) is 0 Å². The number of hydrogen-bond donors (Lipinski definition) is 1. The number of rotatable bonds is 5. The average Bonchev–Trinajstić information content (AvgIpc) is 2.19. The number of likely N-dealkylation sites (N-methyl/N-ethyl adjacent to an activating group) is 1. The van der Waals surface area contributed by atoms with Crippen molar-refractivity contribution < 1.29 is 14.2 Å². The number of nitrogens with zero attached hydrogens (tertiary/aromatic N) is 1. The molecule has 1 N–H and O–H groups in total. The van der Waals surface area contributed by atoms with Crippen LogP contribution < -0.4 is 4.74 Å². The van der Waals surface area contributed by atoms with Crippen LogP contribution in [-0.4, -0.2) is 36.3 Å². The Kier molecular flexibility index (Phi) is 4.71. The Balaban J connectivity index is 3.12. The molecule has 4 heteroatoms. The predicted octanol–water partition coefficient (Wildman–Crippen LogP) is 2.60. The SMILES string of the molecule is CCOc1ccc(C(N(C)C)C(C)(C)O)cc1F. The van der Waals surface area contributed by atoms with Crippen LogP contribution in [0.15, 0.2) is 18.2 Å². The minimum atomic E-state index is -0.955. The standard InChI is InChI=1S/C14H22FNO2/c1-6-18-12-8-7-10(9-11(12)15)13(16(4)5)14(2,3)17/h7-9,13,17H,6H2,1-5H3. The lowest BCUT2D eigenvalue weighted by molar-refractivity contribution is -0.00328. The highest BCUT2D eigenvalue weighted by Gasteiger charge is 2.30. The lowest BCUT2D eigenvalue weighted by Gasteiger charge is -2.35. The Morgan fingerprint density at radius 3 is 2.39 bits per heavy atom. The zero-order valence-corrected chi connectivity index (χ0v) is 11.7. The summed E-state index contributed by atoms with van der Waals surface area (Å²) in [6, 6.07) is 4.54. The Labute approximate surface area is 108 Å². The molecule has 1 unspecified atom stereocenters. The molecule has 1 rings (SSSR count). The number of halogens is 1. The molecular formula is C14H22FNO2. The monoisotopic (exact) mass is 255 g/mol. The molecule has 0 bridgehead atoms. The molecule has 0 fully saturated rings. The molecular weight excluding hydrogens is 233 g/mol. The van der Waals surface area contributed by atoms with Crippen LogP contribution in [0.1, 0.15) is 32.4 Å². The molecule has 3 nitrogen and oxygen atoms in total. The summed E-state index contributed by atoms with van der Waals surface area (Å²) >= 11 is 0. The van der Waals surface area contributed by atoms with E-state index in [9.17, 15) is 9.50 Å². The quantitative estimate of drug-likeness (QED) is 0.878. The highest BCUT2D eigenvalue weighted by molar-refractivity contribution is 5.32. The van der Waals surface area contributed by atoms with E-state index >= 15 is 0 Å². The van der Waals surface area contributed by atoms with Gasteiger partial charge in [0.25, 0.3) is 0 Å². The first-order valence-electron chi connectivity index (χ1n) is 6.08. The van der Waals surface area contributed by atoms with Crippen molar-refractivity contribution in [3.8, 4) is 5.75 Å². The first-order valence-corrected chi connectivity index (χ1v) is 6.08. The van der Waals surface area contributed by atoms with Crippen molar-refractivity contribution in [2.75, 3.05) is 20.7 Å². The zero-order valence-electron chi connectivity index (χ0n) is 11.7. The molecule has 0 saturated heterocycles. The highest BCUT2D eigenvalue weighted by Crippen LogP contribution is 2.32. The molecule has 0 spiro atoms. The summed E-state index contributed by atoms with van der Waals surface area (Å²) in [4.78, 5) is 1.87. The zero-order chi connectivity index (χ0) is 13.9. The van der Waals surface area contributed by atoms with E-state index in [1.807, 2.05) is 25.9 Å². The van der Waals surface area contributed by atoms with Gasteiger partial charge in [-0.1, -0.05) is 6.07 Å². The summed E-state index contributed by atoms with van der Waals surface area (Å²) in [6.45, 7) is 5.67. The fourth-order valence-corrected chi connectivity index (χ4v) is 2.30. The van der Waals surface area contributed by atoms with E-state index in [2.05, 4.69) is 0 Å². The summed E-state index contributed by atoms with van der Waals surface area (Å²) in [6.07, 6.45) is 0. The summed E-state index contributed by atoms with van der Waals surface area (Å²) in [5.74, 6) is -0.153. The number of ether oxygens (including phenoxy) is 1. The molecule has 18 heavy (non-hydrogen) atoms. The van der Waals surface area contributed by atoms with Crippen molar-refractivity contribution >= 4 is 0 Å². The van der Waals surface area contributed by atoms with E-state index in [4.69, 9.17) is 4.74 Å². The molecule has 1 atom stereocenters. The molecule has 0 radical (unpaired) electrons. The molecule has 0 aliphatic rings. The first kappa shape index (κ1) is 14.9. The molecule has 0 aliphatic heterocycles. The Morgan fingerprint density at radius 2 is 2.00 bits per heavy atom. The fraction of sp³-hybridized carbons (Fsp3) is 0.571. The van der Waals surface area contributed by atoms with E-state index in [-0.39, 0.29) is 11.8 Å². The van der Waals surface area contributed by atoms with Crippen LogP contribution in [0.25, 0.3) is 0 Å². The van der Waals surface area contributed by atoms with Gasteiger partial charge in [0.15, 0.2) is 11.6 Å². The maximum atomic E-state index is 13.8. The summed E-state index contributed by atoms with van der Waals surface area (Å²) in [5, 5.41) is 10.2. The number of benzene rings is 1. The van der Waals surface area contributed by atoms with Gasteiger partial charge in [-0.05, 0) is 52.6 Å². The van der Waals surface area contributed by atoms with Crippen molar-refractivity contribution in [3.05, 3.63) is 29.6 Å². The third kappa shape index (κ3) is 3.43. The number of hydrogen-bond acceptors (Lipinski definition) is 3. The minimum Gasteiger partial charge on any atom is -0.491 e. The first-order chi connectivity index (χ1) is 8.27. The Morgan fingerprint density at radius 1 is 1.39 bits per heavy atom. The van der Waals surface area contributed by atoms with Crippen molar-refractivity contribution in [3.63, 3.8) is 0 Å². The van der Waals surface area contributed by atoms with Crippen LogP contribution in [0.3, 0.4) is 0 Å². The van der Waals surface area contributed by atoms with Gasteiger partial charge in [-0.25, -0.2) is 4.39 Å². The molecule has 1 aromatic carbocycles. The third-order valence-electron chi connectivity index (χ3n) is 2.76. The van der Waals surface area contributed by atoms with E-state index in [1.165, 1.54) is 6.07 Å². The van der Waals surface area contributed by atoms with Crippen LogP contribution in [0.4, 0.5) is 4.39 Å². The normalized spacial score (nSPS) is 13.8. The maximum Gasteiger partial charge on any atom is 0.165 e. The fourth-order valence-electron chi connectivity index (χ4n) is 2.30. The third-order valence-corrected chi connectivity index (χ3v) is 2.76. The molecule has 0 aromatic heterocycles. The molecule has 0 heterocycles. The van der Waals surface area contributed by atoms with Crippen molar-refractivity contribution in [2.45, 2.75) is 32.4 Å². The minimum absolute atomic E-state index is 0.245. The van der Waals surface area contributed by atoms with Gasteiger partial charge in [0, 0.05) is 0 Å². The average molecular weight is 255 g/mol. The predicted molar refractivity (Wildman–Crippen MR) is 70.3 cm³/mol. The van der Waals surface area contributed by atoms with Gasteiger partial charge < -0.3 is 9.84 Å². The molecule has 102 valence electrons. The topological polar surface area (TPSA) is 32.7 Å². The summed E-state index contributed by atoms with van der Waals surface area (Å²) < 4.78 is 19.0. The lowest BCUT2D eigenvalue weighted by Crippen LogP contribution is -2.38. The lowest BCUT2D eigenvalue weighted by atomic mass is 9.91. The van der Waals surface area contributed by atoms with E-state index < -0.39 is 11.4 Å². The number of aliphatic hydroxyl groups is 1. The maximum absolute atomic E-state index is 13.8. The van der Waals surface area contributed by atoms with Crippen molar-refractivity contribution in [2.24, 2.45) is 0 Å². The van der Waals surface area contributed by atoms with Gasteiger partial charge in [0.1, 0.15) is 0 Å². The smallest absolute Gasteiger partial charge is 0.165 e.